The number of thioether (sulfide) groups is 1. The van der Waals surface area contributed by atoms with Crippen LogP contribution in [0.1, 0.15) is 53.7 Å². The van der Waals surface area contributed by atoms with E-state index >= 15 is 0 Å². The molecule has 2 N–H and O–H groups in total. The summed E-state index contributed by atoms with van der Waals surface area (Å²) in [6, 6.07) is 0. The number of carboxylic acid groups (broad SMARTS) is 1. The lowest BCUT2D eigenvalue weighted by atomic mass is 9.92. The zero-order chi connectivity index (χ0) is 15.0. The number of carbonyl (C=O) groups is 2. The maximum atomic E-state index is 12.4. The van der Waals surface area contributed by atoms with Gasteiger partial charge in [-0.05, 0) is 44.1 Å². The van der Waals surface area contributed by atoms with Crippen molar-refractivity contribution in [2.24, 2.45) is 0 Å². The molecular formula is C14H18N2O4S. The average molecular weight is 310 g/mol. The number of hydrogen-bond donors (Lipinski definition) is 2. The molecule has 0 spiro atoms. The normalized spacial score (nSPS) is 21.0. The van der Waals surface area contributed by atoms with E-state index in [4.69, 9.17) is 4.42 Å². The fourth-order valence-electron chi connectivity index (χ4n) is 2.52. The molecule has 2 fully saturated rings. The molecule has 0 radical (unpaired) electrons. The monoisotopic (exact) mass is 310 g/mol. The molecule has 1 aromatic heterocycles. The Bertz CT molecular complexity index is 574. The molecule has 114 valence electrons. The maximum absolute atomic E-state index is 12.4. The van der Waals surface area contributed by atoms with Gasteiger partial charge >= 0.3 is 5.97 Å². The number of carboxylic acids is 1. The number of carbonyl (C=O) groups excluding carboxylic acids is 1. The van der Waals surface area contributed by atoms with E-state index in [1.807, 2.05) is 0 Å². The van der Waals surface area contributed by atoms with Crippen LogP contribution < -0.4 is 5.32 Å². The second-order valence-corrected chi connectivity index (χ2v) is 6.92. The first kappa shape index (κ1) is 14.4. The summed E-state index contributed by atoms with van der Waals surface area (Å²) in [6.45, 7) is 1.72. The van der Waals surface area contributed by atoms with Crippen molar-refractivity contribution >= 4 is 23.6 Å². The second-order valence-electron chi connectivity index (χ2n) is 5.69. The third kappa shape index (κ3) is 2.79. The Kier molecular flexibility index (Phi) is 3.69. The van der Waals surface area contributed by atoms with Crippen molar-refractivity contribution in [2.45, 2.75) is 44.1 Å². The first-order valence-corrected chi connectivity index (χ1v) is 8.28. The van der Waals surface area contributed by atoms with Crippen molar-refractivity contribution in [1.29, 1.82) is 0 Å². The molecule has 0 unspecified atom stereocenters. The Morgan fingerprint density at radius 3 is 2.62 bits per heavy atom. The standard InChI is InChI=1S/C14H18N2O4S/c1-8-10(20-12(15-8)9-2-3-9)11(17)16-14(13(18)19)4-6-21-7-5-14/h9H,2-7H2,1H3,(H,16,17)(H,18,19). The van der Waals surface area contributed by atoms with Crippen molar-refractivity contribution in [3.63, 3.8) is 0 Å². The van der Waals surface area contributed by atoms with Crippen LogP contribution in [0.2, 0.25) is 0 Å². The first-order valence-electron chi connectivity index (χ1n) is 7.13. The van der Waals surface area contributed by atoms with Gasteiger partial charge in [0.2, 0.25) is 5.76 Å². The van der Waals surface area contributed by atoms with Gasteiger partial charge in [-0.2, -0.15) is 11.8 Å². The molecule has 2 aliphatic rings. The molecule has 1 aliphatic carbocycles. The fraction of sp³-hybridized carbons (Fsp3) is 0.643. The Morgan fingerprint density at radius 2 is 2.05 bits per heavy atom. The fourth-order valence-corrected chi connectivity index (χ4v) is 3.71. The highest BCUT2D eigenvalue weighted by Gasteiger charge is 2.42. The minimum absolute atomic E-state index is 0.149. The lowest BCUT2D eigenvalue weighted by Gasteiger charge is -2.33. The highest BCUT2D eigenvalue weighted by molar-refractivity contribution is 7.99. The number of aryl methyl sites for hydroxylation is 1. The van der Waals surface area contributed by atoms with Gasteiger partial charge in [0.25, 0.3) is 5.91 Å². The Balaban J connectivity index is 1.79. The van der Waals surface area contributed by atoms with Crippen LogP contribution in [0, 0.1) is 6.92 Å². The summed E-state index contributed by atoms with van der Waals surface area (Å²) in [7, 11) is 0. The molecule has 1 amide bonds. The molecule has 1 aromatic rings. The summed E-state index contributed by atoms with van der Waals surface area (Å²) in [4.78, 5) is 28.2. The van der Waals surface area contributed by atoms with Crippen molar-refractivity contribution < 1.29 is 19.1 Å². The summed E-state index contributed by atoms with van der Waals surface area (Å²) in [6.07, 6.45) is 2.94. The summed E-state index contributed by atoms with van der Waals surface area (Å²) >= 11 is 1.71. The zero-order valence-electron chi connectivity index (χ0n) is 11.8. The molecule has 0 bridgehead atoms. The number of nitrogens with one attached hydrogen (secondary N) is 1. The van der Waals surface area contributed by atoms with Crippen LogP contribution in [0.3, 0.4) is 0 Å². The molecule has 1 saturated carbocycles. The predicted octanol–water partition coefficient (Wildman–Crippen LogP) is 1.94. The van der Waals surface area contributed by atoms with Gasteiger partial charge in [0.15, 0.2) is 5.89 Å². The molecule has 2 heterocycles. The van der Waals surface area contributed by atoms with Gasteiger partial charge in [-0.25, -0.2) is 9.78 Å². The molecule has 1 saturated heterocycles. The Morgan fingerprint density at radius 1 is 1.38 bits per heavy atom. The second kappa shape index (κ2) is 5.36. The smallest absolute Gasteiger partial charge is 0.329 e. The Hall–Kier alpha value is -1.50. The summed E-state index contributed by atoms with van der Waals surface area (Å²) in [5.74, 6) is 1.09. The van der Waals surface area contributed by atoms with Crippen LogP contribution in [0.15, 0.2) is 4.42 Å². The highest BCUT2D eigenvalue weighted by Crippen LogP contribution is 2.40. The Labute approximate surface area is 126 Å². The van der Waals surface area contributed by atoms with Crippen LogP contribution in [-0.4, -0.2) is 39.0 Å². The SMILES string of the molecule is Cc1nc(C2CC2)oc1C(=O)NC1(C(=O)O)CCSCC1. The minimum Gasteiger partial charge on any atom is -0.480 e. The molecule has 7 heteroatoms. The van der Waals surface area contributed by atoms with Crippen LogP contribution in [0.4, 0.5) is 0 Å². The third-order valence-electron chi connectivity index (χ3n) is 4.05. The van der Waals surface area contributed by atoms with Gasteiger partial charge in [0.05, 0.1) is 5.69 Å². The average Bonchev–Trinajstić information content (AvgIpc) is 3.22. The van der Waals surface area contributed by atoms with Crippen molar-refractivity contribution in [3.05, 3.63) is 17.3 Å². The van der Waals surface area contributed by atoms with Gasteiger partial charge in [0, 0.05) is 5.92 Å². The molecule has 1 aliphatic heterocycles. The quantitative estimate of drug-likeness (QED) is 0.883. The van der Waals surface area contributed by atoms with E-state index in [0.29, 0.717) is 30.3 Å². The lowest BCUT2D eigenvalue weighted by Crippen LogP contribution is -2.56. The van der Waals surface area contributed by atoms with Crippen LogP contribution in [0.25, 0.3) is 0 Å². The maximum Gasteiger partial charge on any atom is 0.329 e. The van der Waals surface area contributed by atoms with Gasteiger partial charge in [0.1, 0.15) is 5.54 Å². The topological polar surface area (TPSA) is 92.4 Å². The molecular weight excluding hydrogens is 292 g/mol. The third-order valence-corrected chi connectivity index (χ3v) is 5.04. The van der Waals surface area contributed by atoms with Gasteiger partial charge in [-0.15, -0.1) is 0 Å². The van der Waals surface area contributed by atoms with Gasteiger partial charge in [-0.3, -0.25) is 4.79 Å². The number of aliphatic carboxylic acids is 1. The van der Waals surface area contributed by atoms with E-state index < -0.39 is 17.4 Å². The molecule has 21 heavy (non-hydrogen) atoms. The number of oxazole rings is 1. The molecule has 3 rings (SSSR count). The number of amides is 1. The highest BCUT2D eigenvalue weighted by atomic mass is 32.2. The predicted molar refractivity (Wildman–Crippen MR) is 77.6 cm³/mol. The van der Waals surface area contributed by atoms with E-state index in [1.165, 1.54) is 0 Å². The summed E-state index contributed by atoms with van der Waals surface area (Å²) < 4.78 is 5.55. The summed E-state index contributed by atoms with van der Waals surface area (Å²) in [5, 5.41) is 12.2. The van der Waals surface area contributed by atoms with E-state index in [1.54, 1.807) is 18.7 Å². The lowest BCUT2D eigenvalue weighted by molar-refractivity contribution is -0.144. The number of rotatable bonds is 4. The van der Waals surface area contributed by atoms with Crippen LogP contribution in [0.5, 0.6) is 0 Å². The molecule has 6 nitrogen and oxygen atoms in total. The van der Waals surface area contributed by atoms with E-state index in [0.717, 1.165) is 24.3 Å². The molecule has 0 atom stereocenters. The number of nitrogens with zero attached hydrogens (tertiary/aromatic N) is 1. The summed E-state index contributed by atoms with van der Waals surface area (Å²) in [5.41, 5.74) is -0.651. The van der Waals surface area contributed by atoms with E-state index in [2.05, 4.69) is 10.3 Å². The van der Waals surface area contributed by atoms with Crippen molar-refractivity contribution in [1.82, 2.24) is 10.3 Å². The van der Waals surface area contributed by atoms with Crippen molar-refractivity contribution in [2.75, 3.05) is 11.5 Å². The van der Waals surface area contributed by atoms with Crippen molar-refractivity contribution in [3.8, 4) is 0 Å². The van der Waals surface area contributed by atoms with Crippen LogP contribution >= 0.6 is 11.8 Å². The van der Waals surface area contributed by atoms with E-state index in [-0.39, 0.29) is 5.76 Å². The van der Waals surface area contributed by atoms with Gasteiger partial charge in [-0.1, -0.05) is 0 Å². The van der Waals surface area contributed by atoms with Crippen LogP contribution in [-0.2, 0) is 4.79 Å². The van der Waals surface area contributed by atoms with E-state index in [9.17, 15) is 14.7 Å². The minimum atomic E-state index is -1.18. The molecule has 0 aromatic carbocycles. The largest absolute Gasteiger partial charge is 0.480 e. The first-order chi connectivity index (χ1) is 10.0. The number of hydrogen-bond acceptors (Lipinski definition) is 5. The zero-order valence-corrected chi connectivity index (χ0v) is 12.7. The number of aromatic nitrogens is 1. The van der Waals surface area contributed by atoms with Gasteiger partial charge < -0.3 is 14.8 Å².